The van der Waals surface area contributed by atoms with Crippen molar-refractivity contribution in [3.05, 3.63) is 0 Å². The van der Waals surface area contributed by atoms with E-state index in [2.05, 4.69) is 6.92 Å². The molecule has 1 saturated heterocycles. The van der Waals surface area contributed by atoms with E-state index >= 15 is 0 Å². The lowest BCUT2D eigenvalue weighted by Crippen LogP contribution is -2.27. The van der Waals surface area contributed by atoms with Crippen molar-refractivity contribution in [2.75, 3.05) is 32.9 Å². The van der Waals surface area contributed by atoms with Crippen molar-refractivity contribution >= 4 is 5.91 Å². The SMILES string of the molecule is CCCOCCCN1CC(CO)CC1=O. The van der Waals surface area contributed by atoms with Gasteiger partial charge in [0.1, 0.15) is 0 Å². The van der Waals surface area contributed by atoms with Crippen LogP contribution in [0.25, 0.3) is 0 Å². The predicted molar refractivity (Wildman–Crippen MR) is 57.5 cm³/mol. The normalized spacial score (nSPS) is 21.3. The third-order valence-electron chi connectivity index (χ3n) is 2.62. The van der Waals surface area contributed by atoms with Gasteiger partial charge < -0.3 is 14.7 Å². The van der Waals surface area contributed by atoms with Crippen molar-refractivity contribution in [3.8, 4) is 0 Å². The highest BCUT2D eigenvalue weighted by molar-refractivity contribution is 5.78. The molecule has 0 saturated carbocycles. The van der Waals surface area contributed by atoms with E-state index in [9.17, 15) is 4.79 Å². The summed E-state index contributed by atoms with van der Waals surface area (Å²) in [5.74, 6) is 0.318. The summed E-state index contributed by atoms with van der Waals surface area (Å²) in [5, 5.41) is 8.94. The Morgan fingerprint density at radius 1 is 1.53 bits per heavy atom. The monoisotopic (exact) mass is 215 g/mol. The van der Waals surface area contributed by atoms with Gasteiger partial charge in [-0.2, -0.15) is 0 Å². The van der Waals surface area contributed by atoms with E-state index in [-0.39, 0.29) is 18.4 Å². The lowest BCUT2D eigenvalue weighted by Gasteiger charge is -2.15. The minimum atomic E-state index is 0.120. The standard InChI is InChI=1S/C11H21NO3/c1-2-5-15-6-3-4-12-8-10(9-13)7-11(12)14/h10,13H,2-9H2,1H3. The molecule has 1 heterocycles. The summed E-state index contributed by atoms with van der Waals surface area (Å²) < 4.78 is 5.34. The highest BCUT2D eigenvalue weighted by Gasteiger charge is 2.28. The molecule has 1 aliphatic rings. The summed E-state index contributed by atoms with van der Waals surface area (Å²) in [7, 11) is 0. The number of ether oxygens (including phenoxy) is 1. The number of carbonyl (C=O) groups excluding carboxylic acids is 1. The zero-order valence-corrected chi connectivity index (χ0v) is 9.45. The highest BCUT2D eigenvalue weighted by atomic mass is 16.5. The number of carbonyl (C=O) groups is 1. The summed E-state index contributed by atoms with van der Waals surface area (Å²) in [6, 6.07) is 0. The lowest BCUT2D eigenvalue weighted by atomic mass is 10.1. The Balaban J connectivity index is 2.08. The second-order valence-corrected chi connectivity index (χ2v) is 4.06. The van der Waals surface area contributed by atoms with Gasteiger partial charge in [0.15, 0.2) is 0 Å². The number of nitrogens with zero attached hydrogens (tertiary/aromatic N) is 1. The first-order valence-corrected chi connectivity index (χ1v) is 5.74. The molecule has 0 spiro atoms. The van der Waals surface area contributed by atoms with Crippen LogP contribution in [0, 0.1) is 5.92 Å². The molecule has 1 N–H and O–H groups in total. The van der Waals surface area contributed by atoms with Crippen LogP contribution in [0.1, 0.15) is 26.2 Å². The molecule has 0 aliphatic carbocycles. The van der Waals surface area contributed by atoms with E-state index in [1.807, 2.05) is 4.90 Å². The van der Waals surface area contributed by atoms with E-state index in [1.54, 1.807) is 0 Å². The van der Waals surface area contributed by atoms with E-state index in [4.69, 9.17) is 9.84 Å². The molecule has 4 heteroatoms. The van der Waals surface area contributed by atoms with Crippen molar-refractivity contribution in [3.63, 3.8) is 0 Å². The van der Waals surface area contributed by atoms with Gasteiger partial charge in [-0.1, -0.05) is 6.92 Å². The van der Waals surface area contributed by atoms with Crippen LogP contribution in [0.4, 0.5) is 0 Å². The molecule has 15 heavy (non-hydrogen) atoms. The molecule has 1 unspecified atom stereocenters. The van der Waals surface area contributed by atoms with E-state index in [0.717, 1.165) is 32.6 Å². The van der Waals surface area contributed by atoms with Gasteiger partial charge in [-0.15, -0.1) is 0 Å². The average Bonchev–Trinajstić information content (AvgIpc) is 2.59. The Kier molecular flexibility index (Phi) is 5.65. The van der Waals surface area contributed by atoms with Gasteiger partial charge in [-0.3, -0.25) is 4.79 Å². The molecule has 0 aromatic heterocycles. The number of aliphatic hydroxyl groups excluding tert-OH is 1. The third kappa shape index (κ3) is 4.18. The second-order valence-electron chi connectivity index (χ2n) is 4.06. The van der Waals surface area contributed by atoms with Crippen molar-refractivity contribution < 1.29 is 14.6 Å². The zero-order valence-electron chi connectivity index (χ0n) is 9.45. The lowest BCUT2D eigenvalue weighted by molar-refractivity contribution is -0.127. The summed E-state index contributed by atoms with van der Waals surface area (Å²) in [5.41, 5.74) is 0. The van der Waals surface area contributed by atoms with Gasteiger partial charge in [0.2, 0.25) is 5.91 Å². The molecular formula is C11H21NO3. The second kappa shape index (κ2) is 6.80. The minimum absolute atomic E-state index is 0.120. The Labute approximate surface area is 91.2 Å². The maximum Gasteiger partial charge on any atom is 0.223 e. The van der Waals surface area contributed by atoms with Crippen molar-refractivity contribution in [2.45, 2.75) is 26.2 Å². The molecule has 0 bridgehead atoms. The summed E-state index contributed by atoms with van der Waals surface area (Å²) >= 11 is 0. The molecule has 0 aromatic rings. The molecule has 0 aromatic carbocycles. The predicted octanol–water partition coefficient (Wildman–Crippen LogP) is 0.644. The number of hydrogen-bond acceptors (Lipinski definition) is 3. The van der Waals surface area contributed by atoms with Crippen LogP contribution in [-0.4, -0.2) is 48.8 Å². The van der Waals surface area contributed by atoms with Gasteiger partial charge in [0.05, 0.1) is 0 Å². The summed E-state index contributed by atoms with van der Waals surface area (Å²) in [6.07, 6.45) is 2.44. The summed E-state index contributed by atoms with van der Waals surface area (Å²) in [4.78, 5) is 13.3. The largest absolute Gasteiger partial charge is 0.396 e. The Bertz CT molecular complexity index is 196. The molecule has 1 aliphatic heterocycles. The van der Waals surface area contributed by atoms with Crippen LogP contribution in [0.2, 0.25) is 0 Å². The van der Waals surface area contributed by atoms with Gasteiger partial charge >= 0.3 is 0 Å². The number of aliphatic hydroxyl groups is 1. The Morgan fingerprint density at radius 3 is 2.93 bits per heavy atom. The average molecular weight is 215 g/mol. The Morgan fingerprint density at radius 2 is 2.33 bits per heavy atom. The van der Waals surface area contributed by atoms with E-state index in [0.29, 0.717) is 13.0 Å². The van der Waals surface area contributed by atoms with E-state index in [1.165, 1.54) is 0 Å². The van der Waals surface area contributed by atoms with Crippen LogP contribution >= 0.6 is 0 Å². The number of rotatable bonds is 7. The maximum atomic E-state index is 11.4. The number of likely N-dealkylation sites (tertiary alicyclic amines) is 1. The van der Waals surface area contributed by atoms with Gasteiger partial charge in [-0.05, 0) is 12.8 Å². The van der Waals surface area contributed by atoms with Crippen molar-refractivity contribution in [1.29, 1.82) is 0 Å². The first kappa shape index (κ1) is 12.5. The summed E-state index contributed by atoms with van der Waals surface area (Å²) in [6.45, 7) is 5.20. The third-order valence-corrected chi connectivity index (χ3v) is 2.62. The minimum Gasteiger partial charge on any atom is -0.396 e. The fourth-order valence-electron chi connectivity index (χ4n) is 1.80. The fourth-order valence-corrected chi connectivity index (χ4v) is 1.80. The van der Waals surface area contributed by atoms with Gasteiger partial charge in [0.25, 0.3) is 0 Å². The smallest absolute Gasteiger partial charge is 0.223 e. The van der Waals surface area contributed by atoms with Crippen LogP contribution < -0.4 is 0 Å². The van der Waals surface area contributed by atoms with Crippen molar-refractivity contribution in [2.24, 2.45) is 5.92 Å². The molecule has 88 valence electrons. The fraction of sp³-hybridized carbons (Fsp3) is 0.909. The number of hydrogen-bond donors (Lipinski definition) is 1. The van der Waals surface area contributed by atoms with E-state index < -0.39 is 0 Å². The number of amides is 1. The van der Waals surface area contributed by atoms with Crippen LogP contribution in [0.5, 0.6) is 0 Å². The van der Waals surface area contributed by atoms with Crippen LogP contribution in [0.15, 0.2) is 0 Å². The van der Waals surface area contributed by atoms with Crippen molar-refractivity contribution in [1.82, 2.24) is 4.90 Å². The topological polar surface area (TPSA) is 49.8 Å². The molecule has 1 atom stereocenters. The molecule has 1 rings (SSSR count). The van der Waals surface area contributed by atoms with Crippen LogP contribution in [-0.2, 0) is 9.53 Å². The van der Waals surface area contributed by atoms with Gasteiger partial charge in [0, 0.05) is 45.2 Å². The molecule has 4 nitrogen and oxygen atoms in total. The Hall–Kier alpha value is -0.610. The maximum absolute atomic E-state index is 11.4. The highest BCUT2D eigenvalue weighted by Crippen LogP contribution is 2.16. The molecule has 1 amide bonds. The molecule has 1 fully saturated rings. The van der Waals surface area contributed by atoms with Crippen LogP contribution in [0.3, 0.4) is 0 Å². The van der Waals surface area contributed by atoms with Gasteiger partial charge in [-0.25, -0.2) is 0 Å². The first-order chi connectivity index (χ1) is 7.27. The zero-order chi connectivity index (χ0) is 11.1. The quantitative estimate of drug-likeness (QED) is 0.634. The molecular weight excluding hydrogens is 194 g/mol. The first-order valence-electron chi connectivity index (χ1n) is 5.74. The molecule has 0 radical (unpaired) electrons.